The van der Waals surface area contributed by atoms with Gasteiger partial charge in [-0.15, -0.1) is 0 Å². The predicted molar refractivity (Wildman–Crippen MR) is 85.9 cm³/mol. The smallest absolute Gasteiger partial charge is 0.199 e. The van der Waals surface area contributed by atoms with Gasteiger partial charge in [-0.05, 0) is 37.8 Å². The minimum atomic E-state index is -3.58. The normalized spacial score (nSPS) is 13.7. The van der Waals surface area contributed by atoms with Crippen molar-refractivity contribution in [3.8, 4) is 0 Å². The number of hydrogen-bond donors (Lipinski definition) is 0. The number of hydrogen-bond acceptors (Lipinski definition) is 4. The van der Waals surface area contributed by atoms with E-state index >= 15 is 0 Å². The first-order valence-electron chi connectivity index (χ1n) is 7.16. The molecule has 4 nitrogen and oxygen atoms in total. The second-order valence-corrected chi connectivity index (χ2v) is 7.54. The molecule has 0 aliphatic heterocycles. The van der Waals surface area contributed by atoms with E-state index in [0.29, 0.717) is 0 Å². The van der Waals surface area contributed by atoms with Gasteiger partial charge in [-0.2, -0.15) is 0 Å². The van der Waals surface area contributed by atoms with Gasteiger partial charge >= 0.3 is 0 Å². The Hall–Kier alpha value is -1.75. The Morgan fingerprint density at radius 2 is 1.50 bits per heavy atom. The molecule has 1 atom stereocenters. The molecule has 1 aromatic carbocycles. The van der Waals surface area contributed by atoms with Gasteiger partial charge in [-0.1, -0.05) is 38.1 Å². The number of rotatable bonds is 7. The summed E-state index contributed by atoms with van der Waals surface area (Å²) in [6.45, 7) is 6.45. The lowest BCUT2D eigenvalue weighted by Gasteiger charge is -2.23. The fraction of sp³-hybridized carbons (Fsp3) is 0.412. The number of Topliss-reactive ketones (excluding diaryl/α,β-unsaturated/α-hetero) is 2. The zero-order valence-electron chi connectivity index (χ0n) is 13.3. The highest BCUT2D eigenvalue weighted by Crippen LogP contribution is 2.26. The van der Waals surface area contributed by atoms with E-state index in [1.165, 1.54) is 32.1 Å². The molecular weight excluding hydrogens is 300 g/mol. The molecule has 0 saturated carbocycles. The highest BCUT2D eigenvalue weighted by molar-refractivity contribution is 7.94. The van der Waals surface area contributed by atoms with Gasteiger partial charge in [0.05, 0.1) is 10.8 Å². The molecule has 1 rings (SSSR count). The van der Waals surface area contributed by atoms with Crippen LogP contribution in [-0.4, -0.2) is 20.0 Å². The summed E-state index contributed by atoms with van der Waals surface area (Å²) in [6, 6.07) is 8.05. The van der Waals surface area contributed by atoms with E-state index in [4.69, 9.17) is 0 Å². The summed E-state index contributed by atoms with van der Waals surface area (Å²) in [5.41, 5.74) is 0. The molecule has 1 unspecified atom stereocenters. The van der Waals surface area contributed by atoms with Crippen molar-refractivity contribution in [2.45, 2.75) is 32.6 Å². The van der Waals surface area contributed by atoms with Gasteiger partial charge in [-0.3, -0.25) is 9.59 Å². The van der Waals surface area contributed by atoms with Crippen molar-refractivity contribution in [2.75, 3.05) is 0 Å². The molecule has 0 saturated heterocycles. The standard InChI is InChI=1S/C17H22O4S/c1-12(2)16(17(13(3)18)14(4)19)10-11-22(20,21)15-8-6-5-7-9-15/h5-12,16-17H,1-4H3/b11-10+. The van der Waals surface area contributed by atoms with Crippen LogP contribution >= 0.6 is 0 Å². The van der Waals surface area contributed by atoms with E-state index in [9.17, 15) is 18.0 Å². The van der Waals surface area contributed by atoms with E-state index in [2.05, 4.69) is 0 Å². The van der Waals surface area contributed by atoms with Crippen LogP contribution in [-0.2, 0) is 19.4 Å². The van der Waals surface area contributed by atoms with Gasteiger partial charge in [0.2, 0.25) is 0 Å². The molecule has 0 fully saturated rings. The Morgan fingerprint density at radius 3 is 1.91 bits per heavy atom. The van der Waals surface area contributed by atoms with E-state index in [0.717, 1.165) is 5.41 Å². The molecule has 0 aliphatic rings. The van der Waals surface area contributed by atoms with Gasteiger partial charge < -0.3 is 0 Å². The Bertz CT molecular complexity index is 643. The summed E-state index contributed by atoms with van der Waals surface area (Å²) in [6.07, 6.45) is 1.47. The molecule has 0 radical (unpaired) electrons. The van der Waals surface area contributed by atoms with Crippen molar-refractivity contribution in [3.05, 3.63) is 41.8 Å². The first-order valence-corrected chi connectivity index (χ1v) is 8.70. The molecule has 0 bridgehead atoms. The summed E-state index contributed by atoms with van der Waals surface area (Å²) in [7, 11) is -3.58. The van der Waals surface area contributed by atoms with Crippen molar-refractivity contribution in [1.82, 2.24) is 0 Å². The molecule has 0 spiro atoms. The Labute approximate surface area is 132 Å². The maximum Gasteiger partial charge on any atom is 0.199 e. The lowest BCUT2D eigenvalue weighted by atomic mass is 9.79. The maximum atomic E-state index is 12.3. The maximum absolute atomic E-state index is 12.3. The van der Waals surface area contributed by atoms with E-state index in [1.54, 1.807) is 18.2 Å². The van der Waals surface area contributed by atoms with Crippen LogP contribution in [0.5, 0.6) is 0 Å². The second kappa shape index (κ2) is 7.49. The molecule has 0 aromatic heterocycles. The largest absolute Gasteiger partial charge is 0.299 e. The fourth-order valence-corrected chi connectivity index (χ4v) is 3.51. The highest BCUT2D eigenvalue weighted by atomic mass is 32.2. The van der Waals surface area contributed by atoms with Gasteiger partial charge in [0.15, 0.2) is 9.84 Å². The van der Waals surface area contributed by atoms with Crippen LogP contribution in [0.1, 0.15) is 27.7 Å². The van der Waals surface area contributed by atoms with E-state index in [-0.39, 0.29) is 22.4 Å². The van der Waals surface area contributed by atoms with Crippen molar-refractivity contribution in [2.24, 2.45) is 17.8 Å². The number of sulfone groups is 1. The van der Waals surface area contributed by atoms with Crippen LogP contribution in [0.3, 0.4) is 0 Å². The molecule has 5 heteroatoms. The summed E-state index contributed by atoms with van der Waals surface area (Å²) < 4.78 is 24.5. The summed E-state index contributed by atoms with van der Waals surface area (Å²) in [5, 5.41) is 1.10. The Balaban J connectivity index is 3.15. The number of carbonyl (C=O) groups excluding carboxylic acids is 2. The molecule has 0 aliphatic carbocycles. The third kappa shape index (κ3) is 4.63. The topological polar surface area (TPSA) is 68.3 Å². The van der Waals surface area contributed by atoms with Crippen molar-refractivity contribution in [1.29, 1.82) is 0 Å². The molecule has 0 heterocycles. The third-order valence-corrected chi connectivity index (χ3v) is 5.03. The Kier molecular flexibility index (Phi) is 6.23. The number of benzene rings is 1. The molecular formula is C17H22O4S. The number of ketones is 2. The zero-order valence-corrected chi connectivity index (χ0v) is 14.1. The molecule has 22 heavy (non-hydrogen) atoms. The second-order valence-electron chi connectivity index (χ2n) is 5.71. The predicted octanol–water partition coefficient (Wildman–Crippen LogP) is 3.04. The van der Waals surface area contributed by atoms with Gasteiger partial charge in [0, 0.05) is 5.41 Å². The average Bonchev–Trinajstić information content (AvgIpc) is 2.43. The SMILES string of the molecule is CC(=O)C(C(C)=O)C(/C=C/S(=O)(=O)c1ccccc1)C(C)C. The molecule has 0 amide bonds. The van der Waals surface area contributed by atoms with Crippen LogP contribution in [0.2, 0.25) is 0 Å². The number of allylic oxidation sites excluding steroid dienone is 1. The highest BCUT2D eigenvalue weighted by Gasteiger charge is 2.30. The molecule has 120 valence electrons. The minimum Gasteiger partial charge on any atom is -0.299 e. The average molecular weight is 322 g/mol. The van der Waals surface area contributed by atoms with Gasteiger partial charge in [0.25, 0.3) is 0 Å². The summed E-state index contributed by atoms with van der Waals surface area (Å²) in [5.74, 6) is -1.75. The van der Waals surface area contributed by atoms with E-state index < -0.39 is 21.7 Å². The van der Waals surface area contributed by atoms with Gasteiger partial charge in [-0.25, -0.2) is 8.42 Å². The zero-order chi connectivity index (χ0) is 16.9. The van der Waals surface area contributed by atoms with Crippen molar-refractivity contribution >= 4 is 21.4 Å². The number of carbonyl (C=O) groups is 2. The van der Waals surface area contributed by atoms with Crippen LogP contribution in [0.4, 0.5) is 0 Å². The van der Waals surface area contributed by atoms with Crippen LogP contribution < -0.4 is 0 Å². The fourth-order valence-electron chi connectivity index (χ4n) is 2.43. The van der Waals surface area contributed by atoms with Crippen molar-refractivity contribution < 1.29 is 18.0 Å². The summed E-state index contributed by atoms with van der Waals surface area (Å²) in [4.78, 5) is 23.6. The Morgan fingerprint density at radius 1 is 1.00 bits per heavy atom. The van der Waals surface area contributed by atoms with E-state index in [1.807, 2.05) is 13.8 Å². The molecule has 0 N–H and O–H groups in total. The van der Waals surface area contributed by atoms with Gasteiger partial charge in [0.1, 0.15) is 11.6 Å². The summed E-state index contributed by atoms with van der Waals surface area (Å²) >= 11 is 0. The third-order valence-electron chi connectivity index (χ3n) is 3.58. The quantitative estimate of drug-likeness (QED) is 0.724. The van der Waals surface area contributed by atoms with Crippen molar-refractivity contribution in [3.63, 3.8) is 0 Å². The van der Waals surface area contributed by atoms with Crippen LogP contribution in [0.25, 0.3) is 0 Å². The van der Waals surface area contributed by atoms with Crippen LogP contribution in [0.15, 0.2) is 46.7 Å². The first-order chi connectivity index (χ1) is 10.2. The van der Waals surface area contributed by atoms with Crippen LogP contribution in [0, 0.1) is 17.8 Å². The lowest BCUT2D eigenvalue weighted by Crippen LogP contribution is -2.30. The lowest BCUT2D eigenvalue weighted by molar-refractivity contribution is -0.132. The first kappa shape index (κ1) is 18.3. The minimum absolute atomic E-state index is 0.0278. The monoisotopic (exact) mass is 322 g/mol. The molecule has 1 aromatic rings.